The molecule has 3 rings (SSSR count). The molecule has 24 heavy (non-hydrogen) atoms. The van der Waals surface area contributed by atoms with Crippen molar-refractivity contribution in [3.8, 4) is 0 Å². The Hall–Kier alpha value is -1.75. The number of aromatic nitrogens is 2. The number of nitrogens with zero attached hydrogens (tertiary/aromatic N) is 3. The van der Waals surface area contributed by atoms with Crippen LogP contribution in [0.25, 0.3) is 0 Å². The van der Waals surface area contributed by atoms with E-state index in [1.165, 1.54) is 17.7 Å². The molecule has 5 heteroatoms. The summed E-state index contributed by atoms with van der Waals surface area (Å²) in [7, 11) is 0. The third-order valence-electron chi connectivity index (χ3n) is 4.44. The molecule has 2 heterocycles. The van der Waals surface area contributed by atoms with E-state index in [2.05, 4.69) is 60.7 Å². The molecule has 0 aliphatic carbocycles. The fourth-order valence-corrected chi connectivity index (χ4v) is 3.63. The van der Waals surface area contributed by atoms with Crippen LogP contribution in [0.3, 0.4) is 0 Å². The molecule has 1 atom stereocenters. The Bertz CT molecular complexity index is 689. The lowest BCUT2D eigenvalue weighted by Gasteiger charge is -2.23. The molecule has 0 bridgehead atoms. The first-order valence-corrected chi connectivity index (χ1v) is 9.97. The molecule has 0 amide bonds. The van der Waals surface area contributed by atoms with E-state index in [0.717, 1.165) is 36.6 Å². The fraction of sp³-hybridized carbons (Fsp3) is 0.474. The van der Waals surface area contributed by atoms with E-state index in [1.807, 2.05) is 0 Å². The van der Waals surface area contributed by atoms with Crippen molar-refractivity contribution >= 4 is 29.2 Å². The molecule has 0 saturated carbocycles. The van der Waals surface area contributed by atoms with E-state index in [-0.39, 0.29) is 0 Å². The van der Waals surface area contributed by atoms with Crippen LogP contribution in [-0.2, 0) is 6.42 Å². The van der Waals surface area contributed by atoms with Crippen molar-refractivity contribution in [3.05, 3.63) is 36.0 Å². The predicted molar refractivity (Wildman–Crippen MR) is 104 cm³/mol. The normalized spacial score (nSPS) is 17.3. The molecule has 0 spiro atoms. The maximum Gasteiger partial charge on any atom is 0.229 e. The standard InChI is InChI=1S/C19H26N4S/c1-4-7-15-13-18(23-11-6-8-14(23)2)22-19(20-15)21-16-9-5-10-17(12-16)24-3/h5,9-10,12-14H,4,6-8,11H2,1-3H3,(H,20,21,22). The van der Waals surface area contributed by atoms with Gasteiger partial charge in [0.05, 0.1) is 0 Å². The molecule has 1 aliphatic rings. The molecular formula is C19H26N4S. The lowest BCUT2D eigenvalue weighted by molar-refractivity contribution is 0.724. The number of rotatable bonds is 6. The highest BCUT2D eigenvalue weighted by Gasteiger charge is 2.22. The van der Waals surface area contributed by atoms with Crippen LogP contribution >= 0.6 is 11.8 Å². The van der Waals surface area contributed by atoms with Gasteiger partial charge in [-0.25, -0.2) is 4.98 Å². The van der Waals surface area contributed by atoms with E-state index in [0.29, 0.717) is 12.0 Å². The first kappa shape index (κ1) is 17.1. The van der Waals surface area contributed by atoms with E-state index >= 15 is 0 Å². The van der Waals surface area contributed by atoms with Gasteiger partial charge in [0.15, 0.2) is 0 Å². The Balaban J connectivity index is 1.89. The van der Waals surface area contributed by atoms with Gasteiger partial charge < -0.3 is 10.2 Å². The second-order valence-electron chi connectivity index (χ2n) is 6.33. The van der Waals surface area contributed by atoms with Crippen LogP contribution in [0.15, 0.2) is 35.2 Å². The quantitative estimate of drug-likeness (QED) is 0.758. The third kappa shape index (κ3) is 4.01. The number of anilines is 3. The van der Waals surface area contributed by atoms with E-state index in [9.17, 15) is 0 Å². The average Bonchev–Trinajstić information content (AvgIpc) is 3.01. The molecule has 1 N–H and O–H groups in total. The maximum absolute atomic E-state index is 4.80. The fourth-order valence-electron chi connectivity index (χ4n) is 3.17. The first-order chi connectivity index (χ1) is 11.7. The summed E-state index contributed by atoms with van der Waals surface area (Å²) in [5.74, 6) is 1.76. The van der Waals surface area contributed by atoms with Crippen LogP contribution in [0.4, 0.5) is 17.5 Å². The van der Waals surface area contributed by atoms with Crippen molar-refractivity contribution in [3.63, 3.8) is 0 Å². The summed E-state index contributed by atoms with van der Waals surface area (Å²) < 4.78 is 0. The van der Waals surface area contributed by atoms with Gasteiger partial charge in [-0.15, -0.1) is 11.8 Å². The minimum absolute atomic E-state index is 0.557. The highest BCUT2D eigenvalue weighted by molar-refractivity contribution is 7.98. The van der Waals surface area contributed by atoms with E-state index < -0.39 is 0 Å². The smallest absolute Gasteiger partial charge is 0.229 e. The minimum atomic E-state index is 0.557. The Kier molecular flexibility index (Phi) is 5.61. The van der Waals surface area contributed by atoms with Gasteiger partial charge in [0.2, 0.25) is 5.95 Å². The summed E-state index contributed by atoms with van der Waals surface area (Å²) in [6.45, 7) is 5.56. The molecular weight excluding hydrogens is 316 g/mol. The number of hydrogen-bond acceptors (Lipinski definition) is 5. The first-order valence-electron chi connectivity index (χ1n) is 8.75. The van der Waals surface area contributed by atoms with Gasteiger partial charge >= 0.3 is 0 Å². The Morgan fingerprint density at radius 3 is 2.88 bits per heavy atom. The maximum atomic E-state index is 4.80. The van der Waals surface area contributed by atoms with Gasteiger partial charge in [-0.2, -0.15) is 4.98 Å². The molecule has 128 valence electrons. The van der Waals surface area contributed by atoms with Gasteiger partial charge in [0.1, 0.15) is 5.82 Å². The number of hydrogen-bond donors (Lipinski definition) is 1. The van der Waals surface area contributed by atoms with Crippen LogP contribution in [-0.4, -0.2) is 28.8 Å². The number of nitrogens with one attached hydrogen (secondary N) is 1. The van der Waals surface area contributed by atoms with E-state index in [4.69, 9.17) is 9.97 Å². The summed E-state index contributed by atoms with van der Waals surface area (Å²) in [4.78, 5) is 13.2. The van der Waals surface area contributed by atoms with Gasteiger partial charge in [-0.3, -0.25) is 0 Å². The molecule has 1 fully saturated rings. The molecule has 1 aromatic heterocycles. The second kappa shape index (κ2) is 7.88. The van der Waals surface area contributed by atoms with Crippen molar-refractivity contribution < 1.29 is 0 Å². The van der Waals surface area contributed by atoms with Gasteiger partial charge in [0, 0.05) is 34.9 Å². The number of thioether (sulfide) groups is 1. The number of aryl methyl sites for hydroxylation is 1. The lowest BCUT2D eigenvalue weighted by atomic mass is 10.2. The van der Waals surface area contributed by atoms with Crippen LogP contribution < -0.4 is 10.2 Å². The third-order valence-corrected chi connectivity index (χ3v) is 5.17. The average molecular weight is 343 g/mol. The molecule has 1 unspecified atom stereocenters. The summed E-state index contributed by atoms with van der Waals surface area (Å²) >= 11 is 1.74. The largest absolute Gasteiger partial charge is 0.354 e. The van der Waals surface area contributed by atoms with Crippen molar-refractivity contribution in [2.24, 2.45) is 0 Å². The van der Waals surface area contributed by atoms with E-state index in [1.54, 1.807) is 11.8 Å². The van der Waals surface area contributed by atoms with Crippen LogP contribution in [0.1, 0.15) is 38.8 Å². The van der Waals surface area contributed by atoms with Crippen LogP contribution in [0.2, 0.25) is 0 Å². The van der Waals surface area contributed by atoms with Crippen molar-refractivity contribution in [1.82, 2.24) is 9.97 Å². The zero-order valence-corrected chi connectivity index (χ0v) is 15.6. The monoisotopic (exact) mass is 342 g/mol. The zero-order chi connectivity index (χ0) is 16.9. The topological polar surface area (TPSA) is 41.1 Å². The SMILES string of the molecule is CCCc1cc(N2CCCC2C)nc(Nc2cccc(SC)c2)n1. The molecule has 0 radical (unpaired) electrons. The van der Waals surface area contributed by atoms with Crippen LogP contribution in [0.5, 0.6) is 0 Å². The predicted octanol–water partition coefficient (Wildman–Crippen LogP) is 4.88. The zero-order valence-electron chi connectivity index (χ0n) is 14.7. The molecule has 1 aliphatic heterocycles. The Morgan fingerprint density at radius 2 is 2.17 bits per heavy atom. The summed E-state index contributed by atoms with van der Waals surface area (Å²) in [6, 6.07) is 11.1. The van der Waals surface area contributed by atoms with Crippen LogP contribution in [0, 0.1) is 0 Å². The summed E-state index contributed by atoms with van der Waals surface area (Å²) in [5, 5.41) is 3.39. The lowest BCUT2D eigenvalue weighted by Crippen LogP contribution is -2.27. The summed E-state index contributed by atoms with van der Waals surface area (Å²) in [5.41, 5.74) is 2.15. The molecule has 4 nitrogen and oxygen atoms in total. The Labute approximate surface area is 149 Å². The Morgan fingerprint density at radius 1 is 1.29 bits per heavy atom. The second-order valence-corrected chi connectivity index (χ2v) is 7.21. The van der Waals surface area contributed by atoms with Crippen molar-refractivity contribution in [2.75, 3.05) is 23.0 Å². The highest BCUT2D eigenvalue weighted by atomic mass is 32.2. The highest BCUT2D eigenvalue weighted by Crippen LogP contribution is 2.27. The molecule has 1 aromatic carbocycles. The minimum Gasteiger partial charge on any atom is -0.354 e. The van der Waals surface area contributed by atoms with Gasteiger partial charge in [-0.1, -0.05) is 19.4 Å². The number of benzene rings is 1. The van der Waals surface area contributed by atoms with Gasteiger partial charge in [-0.05, 0) is 50.6 Å². The summed E-state index contributed by atoms with van der Waals surface area (Å²) in [6.07, 6.45) is 6.65. The van der Waals surface area contributed by atoms with Crippen molar-refractivity contribution in [1.29, 1.82) is 0 Å². The van der Waals surface area contributed by atoms with Gasteiger partial charge in [0.25, 0.3) is 0 Å². The van der Waals surface area contributed by atoms with Crippen molar-refractivity contribution in [2.45, 2.75) is 50.5 Å². The molecule has 2 aromatic rings. The molecule has 1 saturated heterocycles.